The molecule has 0 fully saturated rings. The van der Waals surface area contributed by atoms with Gasteiger partial charge in [-0.25, -0.2) is 4.57 Å². The predicted molar refractivity (Wildman–Crippen MR) is 174 cm³/mol. The highest BCUT2D eigenvalue weighted by Crippen LogP contribution is 2.55. The zero-order chi connectivity index (χ0) is 33.1. The van der Waals surface area contributed by atoms with Crippen molar-refractivity contribution in [3.63, 3.8) is 0 Å². The van der Waals surface area contributed by atoms with Crippen LogP contribution in [0.4, 0.5) is 5.69 Å². The van der Waals surface area contributed by atoms with E-state index >= 15 is 0 Å². The summed E-state index contributed by atoms with van der Waals surface area (Å²) in [6.45, 7) is 8.31. The fourth-order valence-electron chi connectivity index (χ4n) is 5.66. The van der Waals surface area contributed by atoms with Crippen LogP contribution in [0.3, 0.4) is 0 Å². The molecule has 0 saturated carbocycles. The van der Waals surface area contributed by atoms with Gasteiger partial charge in [-0.2, -0.15) is 0 Å². The molecule has 9 nitrogen and oxygen atoms in total. The van der Waals surface area contributed by atoms with E-state index in [0.29, 0.717) is 24.2 Å². The van der Waals surface area contributed by atoms with Crippen LogP contribution in [0, 0.1) is 27.9 Å². The quantitative estimate of drug-likeness (QED) is 0.0517. The first-order valence-electron chi connectivity index (χ1n) is 15.1. The lowest BCUT2D eigenvalue weighted by Gasteiger charge is -2.34. The maximum absolute atomic E-state index is 14.7. The molecule has 0 saturated heterocycles. The van der Waals surface area contributed by atoms with Crippen molar-refractivity contribution in [2.75, 3.05) is 0 Å². The summed E-state index contributed by atoms with van der Waals surface area (Å²) in [5.41, 5.74) is 1.67. The van der Waals surface area contributed by atoms with Gasteiger partial charge in [0.15, 0.2) is 5.78 Å². The van der Waals surface area contributed by atoms with E-state index < -0.39 is 36.4 Å². The average molecular weight is 636 g/mol. The SMILES string of the molecule is CCC(/C(OP(=O)(Cc1ccccc1)Oc1ccccc1)=C(\C)C(=O)CCc1ccc([N+](=O)[O-])cc1)[C@@H](C)C(C(C)=O)C(C)O. The smallest absolute Gasteiger partial charge is 0.420 e. The molecule has 3 aromatic rings. The summed E-state index contributed by atoms with van der Waals surface area (Å²) in [7, 11) is -4.01. The molecule has 0 aliphatic carbocycles. The predicted octanol–water partition coefficient (Wildman–Crippen LogP) is 8.11. The number of benzene rings is 3. The summed E-state index contributed by atoms with van der Waals surface area (Å²) in [4.78, 5) is 36.9. The van der Waals surface area contributed by atoms with E-state index in [1.165, 1.54) is 19.1 Å². The fraction of sp³-hybridized carbons (Fsp3) is 0.371. The first-order valence-corrected chi connectivity index (χ1v) is 16.8. The Morgan fingerprint density at radius 1 is 0.911 bits per heavy atom. The Kier molecular flexibility index (Phi) is 12.8. The highest BCUT2D eigenvalue weighted by atomic mass is 31.2. The molecular weight excluding hydrogens is 593 g/mol. The Morgan fingerprint density at radius 3 is 2.00 bits per heavy atom. The molecule has 1 N–H and O–H groups in total. The van der Waals surface area contributed by atoms with Gasteiger partial charge in [-0.1, -0.05) is 74.5 Å². The molecule has 0 amide bonds. The molecule has 0 bridgehead atoms. The third-order valence-corrected chi connectivity index (χ3v) is 9.70. The number of aliphatic hydroxyl groups is 1. The molecule has 0 aromatic heterocycles. The van der Waals surface area contributed by atoms with Crippen LogP contribution in [0.1, 0.15) is 58.6 Å². The number of para-hydroxylation sites is 1. The first-order chi connectivity index (χ1) is 21.3. The summed E-state index contributed by atoms with van der Waals surface area (Å²) in [5, 5.41) is 21.6. The van der Waals surface area contributed by atoms with Crippen LogP contribution in [-0.2, 0) is 31.3 Å². The van der Waals surface area contributed by atoms with Gasteiger partial charge in [0.25, 0.3) is 5.69 Å². The van der Waals surface area contributed by atoms with E-state index in [9.17, 15) is 29.4 Å². The number of nitrogens with zero attached hydrogens (tertiary/aromatic N) is 1. The van der Waals surface area contributed by atoms with Gasteiger partial charge in [0.2, 0.25) is 0 Å². The second kappa shape index (κ2) is 16.3. The lowest BCUT2D eigenvalue weighted by atomic mass is 9.75. The van der Waals surface area contributed by atoms with Crippen LogP contribution in [0.15, 0.2) is 96.3 Å². The molecule has 0 aliphatic rings. The van der Waals surface area contributed by atoms with E-state index in [2.05, 4.69) is 0 Å². The number of aliphatic hydroxyl groups excluding tert-OH is 1. The van der Waals surface area contributed by atoms with Crippen molar-refractivity contribution in [2.24, 2.45) is 17.8 Å². The van der Waals surface area contributed by atoms with Crippen molar-refractivity contribution in [1.29, 1.82) is 0 Å². The number of ketones is 2. The van der Waals surface area contributed by atoms with Crippen molar-refractivity contribution in [1.82, 2.24) is 0 Å². The highest BCUT2D eigenvalue weighted by molar-refractivity contribution is 7.53. The van der Waals surface area contributed by atoms with Crippen LogP contribution in [-0.4, -0.2) is 27.7 Å². The monoisotopic (exact) mass is 635 g/mol. The van der Waals surface area contributed by atoms with Gasteiger partial charge in [-0.3, -0.25) is 19.7 Å². The number of rotatable bonds is 17. The van der Waals surface area contributed by atoms with Crippen LogP contribution >= 0.6 is 7.60 Å². The fourth-order valence-corrected chi connectivity index (χ4v) is 7.50. The third-order valence-electron chi connectivity index (χ3n) is 7.99. The second-order valence-corrected chi connectivity index (χ2v) is 13.2. The number of nitro benzene ring substituents is 1. The zero-order valence-corrected chi connectivity index (χ0v) is 27.3. The lowest BCUT2D eigenvalue weighted by molar-refractivity contribution is -0.384. The Labute approximate surface area is 265 Å². The summed E-state index contributed by atoms with van der Waals surface area (Å²) in [6, 6.07) is 23.8. The third kappa shape index (κ3) is 9.96. The molecule has 4 unspecified atom stereocenters. The molecule has 5 atom stereocenters. The molecule has 3 aromatic carbocycles. The van der Waals surface area contributed by atoms with Crippen molar-refractivity contribution in [3.05, 3.63) is 118 Å². The number of carbonyl (C=O) groups excluding carboxylic acids is 2. The summed E-state index contributed by atoms with van der Waals surface area (Å²) >= 11 is 0. The first kappa shape index (κ1) is 35.4. The lowest BCUT2D eigenvalue weighted by Crippen LogP contribution is -2.35. The minimum Gasteiger partial charge on any atom is -0.420 e. The normalized spacial score (nSPS) is 15.9. The van der Waals surface area contributed by atoms with E-state index in [1.807, 2.05) is 50.2 Å². The van der Waals surface area contributed by atoms with Crippen LogP contribution < -0.4 is 4.52 Å². The topological polar surface area (TPSA) is 133 Å². The highest BCUT2D eigenvalue weighted by Gasteiger charge is 2.39. The molecule has 10 heteroatoms. The van der Waals surface area contributed by atoms with Crippen molar-refractivity contribution < 1.29 is 33.2 Å². The maximum Gasteiger partial charge on any atom is 0.434 e. The van der Waals surface area contributed by atoms with E-state index in [1.54, 1.807) is 50.2 Å². The van der Waals surface area contributed by atoms with Gasteiger partial charge in [0, 0.05) is 36.0 Å². The Balaban J connectivity index is 2.07. The number of hydrogen-bond donors (Lipinski definition) is 1. The summed E-state index contributed by atoms with van der Waals surface area (Å²) in [5.74, 6) is -1.74. The molecule has 0 aliphatic heterocycles. The van der Waals surface area contributed by atoms with Gasteiger partial charge in [0.05, 0.1) is 17.2 Å². The maximum atomic E-state index is 14.7. The van der Waals surface area contributed by atoms with Gasteiger partial charge in [0.1, 0.15) is 17.3 Å². The number of carbonyl (C=O) groups is 2. The molecule has 0 radical (unpaired) electrons. The van der Waals surface area contributed by atoms with E-state index in [0.717, 1.165) is 5.56 Å². The van der Waals surface area contributed by atoms with Crippen LogP contribution in [0.5, 0.6) is 5.75 Å². The van der Waals surface area contributed by atoms with Crippen LogP contribution in [0.25, 0.3) is 0 Å². The number of hydrogen-bond acceptors (Lipinski definition) is 8. The van der Waals surface area contributed by atoms with Gasteiger partial charge in [-0.15, -0.1) is 0 Å². The average Bonchev–Trinajstić information content (AvgIpc) is 3.00. The van der Waals surface area contributed by atoms with Crippen molar-refractivity contribution >= 4 is 24.8 Å². The number of Topliss-reactive ketones (excluding diaryl/α,β-unsaturated/α-hetero) is 2. The van der Waals surface area contributed by atoms with E-state index in [4.69, 9.17) is 9.05 Å². The minimum atomic E-state index is -4.01. The van der Waals surface area contributed by atoms with Crippen LogP contribution in [0.2, 0.25) is 0 Å². The largest absolute Gasteiger partial charge is 0.434 e. The minimum absolute atomic E-state index is 0.0395. The number of nitro groups is 1. The second-order valence-electron chi connectivity index (χ2n) is 11.3. The molecule has 45 heavy (non-hydrogen) atoms. The van der Waals surface area contributed by atoms with Gasteiger partial charge in [-0.05, 0) is 62.8 Å². The van der Waals surface area contributed by atoms with Crippen molar-refractivity contribution in [2.45, 2.75) is 66.1 Å². The molecule has 0 spiro atoms. The molecule has 0 heterocycles. The van der Waals surface area contributed by atoms with Gasteiger partial charge >= 0.3 is 7.60 Å². The van der Waals surface area contributed by atoms with Gasteiger partial charge < -0.3 is 14.2 Å². The number of allylic oxidation sites excluding steroid dienone is 2. The summed E-state index contributed by atoms with van der Waals surface area (Å²) in [6.07, 6.45) is -0.219. The Morgan fingerprint density at radius 2 is 1.49 bits per heavy atom. The molecular formula is C35H42NO8P. The molecule has 3 rings (SSSR count). The van der Waals surface area contributed by atoms with Crippen molar-refractivity contribution in [3.8, 4) is 5.75 Å². The molecule has 240 valence electrons. The zero-order valence-electron chi connectivity index (χ0n) is 26.4. The standard InChI is InChI=1S/C35H42NO8P/c1-6-32(24(2)34(26(4)37)27(5)38)35(25(3)33(39)22-19-28-17-20-30(21-18-28)36(40)41)44-45(42,23-29-13-9-7-10-14-29)43-31-15-11-8-12-16-31/h7-18,20-21,24,26,32,34,37H,6,19,22-23H2,1-5H3/b35-25-/t24-,26?,32?,34?,45?/m1/s1. The number of aryl methyl sites for hydroxylation is 1. The number of non-ortho nitro benzene ring substituents is 1. The Hall–Kier alpha value is -4.07. The summed E-state index contributed by atoms with van der Waals surface area (Å²) < 4.78 is 27.2. The Bertz CT molecular complexity index is 1470. The van der Waals surface area contributed by atoms with E-state index in [-0.39, 0.29) is 41.2 Å².